The van der Waals surface area contributed by atoms with Crippen LogP contribution >= 0.6 is 0 Å². The predicted octanol–water partition coefficient (Wildman–Crippen LogP) is 2.12. The van der Waals surface area contributed by atoms with Crippen LogP contribution in [0.2, 0.25) is 0 Å². The number of carbonyl (C=O) groups excluding carboxylic acids is 1. The molecule has 106 valence electrons. The summed E-state index contributed by atoms with van der Waals surface area (Å²) in [6.07, 6.45) is 0. The number of phenolic OH excluding ortho intramolecular Hbond substituents is 1. The standard InChI is InChI=1S/C16H15N3O2/c1-19(10-12-4-2-3-11(7-12)9-17)16(21)13-5-6-14(18)15(20)8-13/h2-8,20H,10,18H2,1H3. The molecular weight excluding hydrogens is 266 g/mol. The zero-order valence-electron chi connectivity index (χ0n) is 11.6. The highest BCUT2D eigenvalue weighted by molar-refractivity contribution is 5.95. The fourth-order valence-electron chi connectivity index (χ4n) is 1.98. The second-order valence-corrected chi connectivity index (χ2v) is 4.75. The van der Waals surface area contributed by atoms with Gasteiger partial charge in [-0.3, -0.25) is 4.79 Å². The maximum atomic E-state index is 12.3. The van der Waals surface area contributed by atoms with E-state index in [1.54, 1.807) is 31.3 Å². The van der Waals surface area contributed by atoms with E-state index in [4.69, 9.17) is 11.0 Å². The molecule has 0 bridgehead atoms. The van der Waals surface area contributed by atoms with E-state index < -0.39 is 0 Å². The van der Waals surface area contributed by atoms with E-state index in [1.165, 1.54) is 17.0 Å². The van der Waals surface area contributed by atoms with Gasteiger partial charge in [0.15, 0.2) is 0 Å². The van der Waals surface area contributed by atoms with E-state index in [2.05, 4.69) is 6.07 Å². The smallest absolute Gasteiger partial charge is 0.254 e. The molecule has 0 unspecified atom stereocenters. The summed E-state index contributed by atoms with van der Waals surface area (Å²) in [6, 6.07) is 13.6. The molecule has 0 radical (unpaired) electrons. The number of phenols is 1. The fraction of sp³-hybridized carbons (Fsp3) is 0.125. The van der Waals surface area contributed by atoms with Gasteiger partial charge in [-0.1, -0.05) is 12.1 Å². The van der Waals surface area contributed by atoms with E-state index in [1.807, 2.05) is 6.07 Å². The normalized spacial score (nSPS) is 9.90. The van der Waals surface area contributed by atoms with Gasteiger partial charge in [0.25, 0.3) is 5.91 Å². The number of nitrogens with two attached hydrogens (primary N) is 1. The first kappa shape index (κ1) is 14.4. The Hall–Kier alpha value is -3.00. The lowest BCUT2D eigenvalue weighted by Gasteiger charge is -2.17. The monoisotopic (exact) mass is 281 g/mol. The van der Waals surface area contributed by atoms with Gasteiger partial charge in [0.05, 0.1) is 17.3 Å². The Balaban J connectivity index is 2.15. The number of nitriles is 1. The molecule has 1 amide bonds. The van der Waals surface area contributed by atoms with E-state index in [9.17, 15) is 9.90 Å². The molecule has 0 atom stereocenters. The Morgan fingerprint density at radius 3 is 2.76 bits per heavy atom. The van der Waals surface area contributed by atoms with Crippen LogP contribution in [0.4, 0.5) is 5.69 Å². The molecule has 0 saturated heterocycles. The number of amides is 1. The van der Waals surface area contributed by atoms with Crippen LogP contribution in [0.3, 0.4) is 0 Å². The van der Waals surface area contributed by atoms with Crippen molar-refractivity contribution in [3.63, 3.8) is 0 Å². The molecule has 0 aromatic heterocycles. The number of carbonyl (C=O) groups is 1. The third kappa shape index (κ3) is 3.31. The first-order valence-corrected chi connectivity index (χ1v) is 6.34. The highest BCUT2D eigenvalue weighted by atomic mass is 16.3. The molecule has 0 saturated carbocycles. The number of rotatable bonds is 3. The van der Waals surface area contributed by atoms with Gasteiger partial charge in [0.1, 0.15) is 5.75 Å². The van der Waals surface area contributed by atoms with Crippen molar-refractivity contribution in [1.82, 2.24) is 4.90 Å². The lowest BCUT2D eigenvalue weighted by atomic mass is 10.1. The molecule has 0 heterocycles. The van der Waals surface area contributed by atoms with Crippen LogP contribution in [0.25, 0.3) is 0 Å². The maximum absolute atomic E-state index is 12.3. The van der Waals surface area contributed by atoms with Crippen molar-refractivity contribution in [2.45, 2.75) is 6.54 Å². The number of hydrogen-bond donors (Lipinski definition) is 2. The van der Waals surface area contributed by atoms with Gasteiger partial charge < -0.3 is 15.7 Å². The minimum Gasteiger partial charge on any atom is -0.506 e. The van der Waals surface area contributed by atoms with E-state index >= 15 is 0 Å². The van der Waals surface area contributed by atoms with Crippen molar-refractivity contribution in [2.75, 3.05) is 12.8 Å². The SMILES string of the molecule is CN(Cc1cccc(C#N)c1)C(=O)c1ccc(N)c(O)c1. The summed E-state index contributed by atoms with van der Waals surface area (Å²) in [5.74, 6) is -0.339. The number of aromatic hydroxyl groups is 1. The molecule has 0 aliphatic carbocycles. The summed E-state index contributed by atoms with van der Waals surface area (Å²) in [6.45, 7) is 0.374. The minimum atomic E-state index is -0.229. The third-order valence-corrected chi connectivity index (χ3v) is 3.10. The summed E-state index contributed by atoms with van der Waals surface area (Å²) in [7, 11) is 1.66. The van der Waals surface area contributed by atoms with Crippen molar-refractivity contribution in [3.8, 4) is 11.8 Å². The van der Waals surface area contributed by atoms with Gasteiger partial charge in [-0.25, -0.2) is 0 Å². The lowest BCUT2D eigenvalue weighted by molar-refractivity contribution is 0.0784. The van der Waals surface area contributed by atoms with Crippen LogP contribution in [0.5, 0.6) is 5.75 Å². The largest absolute Gasteiger partial charge is 0.506 e. The molecule has 0 aliphatic rings. The van der Waals surface area contributed by atoms with Crippen molar-refractivity contribution < 1.29 is 9.90 Å². The molecule has 0 aliphatic heterocycles. The number of benzene rings is 2. The Kier molecular flexibility index (Phi) is 4.10. The van der Waals surface area contributed by atoms with Crippen LogP contribution in [0.15, 0.2) is 42.5 Å². The van der Waals surface area contributed by atoms with Gasteiger partial charge in [-0.05, 0) is 35.9 Å². The van der Waals surface area contributed by atoms with Crippen LogP contribution in [0, 0.1) is 11.3 Å². The average molecular weight is 281 g/mol. The quantitative estimate of drug-likeness (QED) is 0.666. The fourth-order valence-corrected chi connectivity index (χ4v) is 1.98. The van der Waals surface area contributed by atoms with Crippen molar-refractivity contribution in [1.29, 1.82) is 5.26 Å². The molecule has 2 aromatic rings. The molecule has 5 heteroatoms. The van der Waals surface area contributed by atoms with E-state index in [0.717, 1.165) is 5.56 Å². The van der Waals surface area contributed by atoms with Gasteiger partial charge in [0.2, 0.25) is 0 Å². The minimum absolute atomic E-state index is 0.110. The van der Waals surface area contributed by atoms with Gasteiger partial charge in [-0.15, -0.1) is 0 Å². The van der Waals surface area contributed by atoms with Crippen molar-refractivity contribution in [3.05, 3.63) is 59.2 Å². The van der Waals surface area contributed by atoms with Crippen LogP contribution in [0.1, 0.15) is 21.5 Å². The summed E-state index contributed by atoms with van der Waals surface area (Å²) < 4.78 is 0. The highest BCUT2D eigenvalue weighted by Crippen LogP contribution is 2.21. The Labute approximate surface area is 122 Å². The topological polar surface area (TPSA) is 90.4 Å². The first-order chi connectivity index (χ1) is 10.0. The van der Waals surface area contributed by atoms with Crippen molar-refractivity contribution >= 4 is 11.6 Å². The molecule has 2 aromatic carbocycles. The maximum Gasteiger partial charge on any atom is 0.254 e. The molecule has 0 fully saturated rings. The molecule has 3 N–H and O–H groups in total. The highest BCUT2D eigenvalue weighted by Gasteiger charge is 2.13. The zero-order chi connectivity index (χ0) is 15.4. The van der Waals surface area contributed by atoms with E-state index in [-0.39, 0.29) is 17.3 Å². The Morgan fingerprint density at radius 1 is 1.33 bits per heavy atom. The second kappa shape index (κ2) is 5.97. The van der Waals surface area contributed by atoms with Gasteiger partial charge in [-0.2, -0.15) is 5.26 Å². The predicted molar refractivity (Wildman–Crippen MR) is 79.5 cm³/mol. The molecule has 21 heavy (non-hydrogen) atoms. The zero-order valence-corrected chi connectivity index (χ0v) is 11.6. The lowest BCUT2D eigenvalue weighted by Crippen LogP contribution is -2.26. The molecule has 2 rings (SSSR count). The first-order valence-electron chi connectivity index (χ1n) is 6.34. The second-order valence-electron chi connectivity index (χ2n) is 4.75. The number of hydrogen-bond acceptors (Lipinski definition) is 4. The number of nitrogen functional groups attached to an aromatic ring is 1. The molecule has 5 nitrogen and oxygen atoms in total. The number of nitrogens with zero attached hydrogens (tertiary/aromatic N) is 2. The average Bonchev–Trinajstić information content (AvgIpc) is 2.49. The number of anilines is 1. The van der Waals surface area contributed by atoms with Crippen molar-refractivity contribution in [2.24, 2.45) is 0 Å². The van der Waals surface area contributed by atoms with Gasteiger partial charge in [0, 0.05) is 19.2 Å². The third-order valence-electron chi connectivity index (χ3n) is 3.10. The summed E-state index contributed by atoms with van der Waals surface area (Å²) in [4.78, 5) is 13.8. The summed E-state index contributed by atoms with van der Waals surface area (Å²) >= 11 is 0. The molecular formula is C16H15N3O2. The van der Waals surface area contributed by atoms with Crippen LogP contribution in [-0.2, 0) is 6.54 Å². The Bertz CT molecular complexity index is 720. The molecule has 0 spiro atoms. The Morgan fingerprint density at radius 2 is 2.10 bits per heavy atom. The summed E-state index contributed by atoms with van der Waals surface area (Å²) in [5.41, 5.74) is 7.53. The van der Waals surface area contributed by atoms with Gasteiger partial charge >= 0.3 is 0 Å². The summed E-state index contributed by atoms with van der Waals surface area (Å²) in [5, 5.41) is 18.4. The van der Waals surface area contributed by atoms with E-state index in [0.29, 0.717) is 17.7 Å². The van der Waals surface area contributed by atoms with Crippen LogP contribution < -0.4 is 5.73 Å². The van der Waals surface area contributed by atoms with Crippen LogP contribution in [-0.4, -0.2) is 23.0 Å².